The topological polar surface area (TPSA) is 57.2 Å². The van der Waals surface area contributed by atoms with Crippen LogP contribution in [0.4, 0.5) is 20.3 Å². The number of aliphatic hydroxyl groups excluding tert-OH is 1. The highest BCUT2D eigenvalue weighted by Gasteiger charge is 2.67. The summed E-state index contributed by atoms with van der Waals surface area (Å²) >= 11 is 0. The normalized spacial score (nSPS) is 30.6. The molecule has 6 heteroatoms. The van der Waals surface area contributed by atoms with Crippen molar-refractivity contribution in [2.75, 3.05) is 30.8 Å². The van der Waals surface area contributed by atoms with Gasteiger partial charge in [-0.3, -0.25) is 0 Å². The molecule has 1 aromatic heterocycles. The molecule has 0 spiro atoms. The van der Waals surface area contributed by atoms with Gasteiger partial charge in [-0.25, -0.2) is 13.8 Å². The molecule has 148 valence electrons. The van der Waals surface area contributed by atoms with E-state index in [4.69, 9.17) is 4.98 Å². The molecule has 2 unspecified atom stereocenters. The van der Waals surface area contributed by atoms with Crippen molar-refractivity contribution in [3.63, 3.8) is 0 Å². The van der Waals surface area contributed by atoms with Crippen molar-refractivity contribution in [1.82, 2.24) is 4.98 Å². The third kappa shape index (κ3) is 3.24. The van der Waals surface area contributed by atoms with Gasteiger partial charge in [0.05, 0.1) is 23.4 Å². The molecule has 2 aliphatic carbocycles. The quantitative estimate of drug-likeness (QED) is 0.690. The SMILES string of the molecule is CNc1nc(C2(C)C=C(CO)C=CC2(C)C)ccc1NCC1(C)CC1(F)F. The van der Waals surface area contributed by atoms with Crippen LogP contribution in [0.5, 0.6) is 0 Å². The molecule has 0 radical (unpaired) electrons. The Morgan fingerprint density at radius 3 is 2.41 bits per heavy atom. The predicted octanol–water partition coefficient (Wildman–Crippen LogP) is 4.35. The first-order valence-corrected chi connectivity index (χ1v) is 9.31. The first-order valence-electron chi connectivity index (χ1n) is 9.31. The molecular weight excluding hydrogens is 348 g/mol. The monoisotopic (exact) mass is 377 g/mol. The molecule has 0 bridgehead atoms. The lowest BCUT2D eigenvalue weighted by atomic mass is 9.61. The molecule has 3 N–H and O–H groups in total. The van der Waals surface area contributed by atoms with Crippen LogP contribution in [0.1, 0.15) is 39.8 Å². The second kappa shape index (κ2) is 6.30. The number of nitrogens with one attached hydrogen (secondary N) is 2. The molecule has 0 aliphatic heterocycles. The van der Waals surface area contributed by atoms with Crippen LogP contribution < -0.4 is 10.6 Å². The van der Waals surface area contributed by atoms with Gasteiger partial charge in [-0.15, -0.1) is 0 Å². The highest BCUT2D eigenvalue weighted by Crippen LogP contribution is 2.60. The fraction of sp³-hybridized carbons (Fsp3) is 0.571. The molecule has 0 amide bonds. The summed E-state index contributed by atoms with van der Waals surface area (Å²) < 4.78 is 26.9. The van der Waals surface area contributed by atoms with E-state index in [0.717, 1.165) is 11.3 Å². The second-order valence-electron chi connectivity index (χ2n) is 8.77. The van der Waals surface area contributed by atoms with Crippen LogP contribution in [0.15, 0.2) is 35.9 Å². The molecule has 3 rings (SSSR count). The Morgan fingerprint density at radius 1 is 1.19 bits per heavy atom. The molecule has 1 aromatic rings. The summed E-state index contributed by atoms with van der Waals surface area (Å²) in [5.41, 5.74) is 0.847. The lowest BCUT2D eigenvalue weighted by molar-refractivity contribution is 0.0742. The highest BCUT2D eigenvalue weighted by molar-refractivity contribution is 5.65. The molecule has 2 atom stereocenters. The number of anilines is 2. The summed E-state index contributed by atoms with van der Waals surface area (Å²) in [6.45, 7) is 8.16. The highest BCUT2D eigenvalue weighted by atomic mass is 19.3. The minimum Gasteiger partial charge on any atom is -0.392 e. The van der Waals surface area contributed by atoms with E-state index in [1.165, 1.54) is 0 Å². The number of halogens is 2. The molecular formula is C21H29F2N3O. The minimum absolute atomic E-state index is 0.0203. The van der Waals surface area contributed by atoms with Crippen LogP contribution in [0, 0.1) is 10.8 Å². The van der Waals surface area contributed by atoms with E-state index in [1.54, 1.807) is 14.0 Å². The van der Waals surface area contributed by atoms with Gasteiger partial charge in [0.25, 0.3) is 5.92 Å². The molecule has 1 saturated carbocycles. The Bertz CT molecular complexity index is 803. The zero-order chi connectivity index (χ0) is 20.1. The fourth-order valence-corrected chi connectivity index (χ4v) is 3.61. The summed E-state index contributed by atoms with van der Waals surface area (Å²) in [4.78, 5) is 4.79. The maximum absolute atomic E-state index is 13.5. The average Bonchev–Trinajstić information content (AvgIpc) is 3.13. The molecule has 27 heavy (non-hydrogen) atoms. The number of nitrogens with zero attached hydrogens (tertiary/aromatic N) is 1. The third-order valence-electron chi connectivity index (χ3n) is 6.41. The number of alkyl halides is 2. The molecule has 0 saturated heterocycles. The first-order chi connectivity index (χ1) is 12.5. The van der Waals surface area contributed by atoms with Gasteiger partial charge < -0.3 is 15.7 Å². The van der Waals surface area contributed by atoms with Crippen LogP contribution >= 0.6 is 0 Å². The molecule has 2 aliphatic rings. The van der Waals surface area contributed by atoms with Crippen molar-refractivity contribution in [3.05, 3.63) is 41.6 Å². The summed E-state index contributed by atoms with van der Waals surface area (Å²) in [7, 11) is 1.77. The van der Waals surface area contributed by atoms with Gasteiger partial charge in [-0.05, 0) is 30.0 Å². The summed E-state index contributed by atoms with van der Waals surface area (Å²) in [6.07, 6.45) is 6.03. The van der Waals surface area contributed by atoms with Gasteiger partial charge >= 0.3 is 0 Å². The molecule has 0 aromatic carbocycles. The minimum atomic E-state index is -2.59. The van der Waals surface area contributed by atoms with Crippen LogP contribution in [0.3, 0.4) is 0 Å². The summed E-state index contributed by atoms with van der Waals surface area (Å²) in [6, 6.07) is 3.83. The van der Waals surface area contributed by atoms with Gasteiger partial charge in [0.1, 0.15) is 5.82 Å². The van der Waals surface area contributed by atoms with Crippen LogP contribution in [-0.4, -0.2) is 36.2 Å². The molecule has 1 heterocycles. The third-order valence-corrected chi connectivity index (χ3v) is 6.41. The lowest BCUT2D eigenvalue weighted by Gasteiger charge is -2.43. The number of aromatic nitrogens is 1. The lowest BCUT2D eigenvalue weighted by Crippen LogP contribution is -2.39. The average molecular weight is 377 g/mol. The van der Waals surface area contributed by atoms with E-state index >= 15 is 0 Å². The number of rotatable bonds is 6. The van der Waals surface area contributed by atoms with Crippen molar-refractivity contribution >= 4 is 11.5 Å². The fourth-order valence-electron chi connectivity index (χ4n) is 3.61. The number of aliphatic hydroxyl groups is 1. The molecule has 4 nitrogen and oxygen atoms in total. The van der Waals surface area contributed by atoms with E-state index in [-0.39, 0.29) is 25.0 Å². The van der Waals surface area contributed by atoms with E-state index in [2.05, 4.69) is 43.6 Å². The second-order valence-corrected chi connectivity index (χ2v) is 8.77. The summed E-state index contributed by atoms with van der Waals surface area (Å²) in [5, 5.41) is 15.8. The zero-order valence-corrected chi connectivity index (χ0v) is 16.7. The van der Waals surface area contributed by atoms with Crippen molar-refractivity contribution < 1.29 is 13.9 Å². The Labute approximate surface area is 159 Å². The largest absolute Gasteiger partial charge is 0.392 e. The standard InChI is InChI=1S/C21H29F2N3O/c1-18(2)9-8-14(11-27)10-20(18,4)16-7-6-15(17(24-5)26-16)25-13-19(3)12-21(19,22)23/h6-10,25,27H,11-13H2,1-5H3,(H,24,26). The number of allylic oxidation sites excluding steroid dienone is 2. The number of hydrogen-bond acceptors (Lipinski definition) is 4. The van der Waals surface area contributed by atoms with Crippen molar-refractivity contribution in [1.29, 1.82) is 0 Å². The Hall–Kier alpha value is -1.95. The maximum atomic E-state index is 13.5. The van der Waals surface area contributed by atoms with Gasteiger partial charge in [0.15, 0.2) is 0 Å². The van der Waals surface area contributed by atoms with Crippen molar-refractivity contribution in [2.45, 2.75) is 45.5 Å². The van der Waals surface area contributed by atoms with Crippen LogP contribution in [-0.2, 0) is 5.41 Å². The Balaban J connectivity index is 1.90. The van der Waals surface area contributed by atoms with E-state index in [9.17, 15) is 13.9 Å². The van der Waals surface area contributed by atoms with Crippen LogP contribution in [0.2, 0.25) is 0 Å². The van der Waals surface area contributed by atoms with Gasteiger partial charge in [-0.2, -0.15) is 0 Å². The predicted molar refractivity (Wildman–Crippen MR) is 105 cm³/mol. The van der Waals surface area contributed by atoms with Gasteiger partial charge in [0.2, 0.25) is 0 Å². The maximum Gasteiger partial charge on any atom is 0.256 e. The van der Waals surface area contributed by atoms with Gasteiger partial charge in [0, 0.05) is 25.4 Å². The van der Waals surface area contributed by atoms with Crippen LogP contribution in [0.25, 0.3) is 0 Å². The Kier molecular flexibility index (Phi) is 4.62. The number of pyridine rings is 1. The van der Waals surface area contributed by atoms with Crippen molar-refractivity contribution in [3.8, 4) is 0 Å². The zero-order valence-electron chi connectivity index (χ0n) is 16.7. The Morgan fingerprint density at radius 2 is 1.85 bits per heavy atom. The van der Waals surface area contributed by atoms with E-state index < -0.39 is 16.8 Å². The summed E-state index contributed by atoms with van der Waals surface area (Å²) in [5.74, 6) is -1.96. The smallest absolute Gasteiger partial charge is 0.256 e. The van der Waals surface area contributed by atoms with Crippen molar-refractivity contribution in [2.24, 2.45) is 10.8 Å². The van der Waals surface area contributed by atoms with Gasteiger partial charge in [-0.1, -0.05) is 39.0 Å². The molecule has 1 fully saturated rings. The number of hydrogen-bond donors (Lipinski definition) is 3. The van der Waals surface area contributed by atoms with E-state index in [0.29, 0.717) is 11.5 Å². The first kappa shape index (κ1) is 19.8. The van der Waals surface area contributed by atoms with E-state index in [1.807, 2.05) is 18.2 Å².